The molecule has 1 aromatic carbocycles. The van der Waals surface area contributed by atoms with Crippen LogP contribution in [0.25, 0.3) is 22.3 Å². The van der Waals surface area contributed by atoms with E-state index in [0.717, 1.165) is 9.77 Å². The molecule has 0 aliphatic heterocycles. The van der Waals surface area contributed by atoms with Crippen molar-refractivity contribution in [2.75, 3.05) is 0 Å². The van der Waals surface area contributed by atoms with E-state index in [4.69, 9.17) is 11.6 Å². The Bertz CT molecular complexity index is 868. The van der Waals surface area contributed by atoms with Gasteiger partial charge in [0.1, 0.15) is 5.52 Å². The maximum Gasteiger partial charge on any atom is 0.418 e. The van der Waals surface area contributed by atoms with E-state index in [1.165, 1.54) is 0 Å². The smallest absolute Gasteiger partial charge is 0.242 e. The third-order valence-corrected chi connectivity index (χ3v) is 3.92. The molecule has 3 rings (SSSR count). The van der Waals surface area contributed by atoms with Crippen molar-refractivity contribution in [3.8, 4) is 11.4 Å². The molecule has 2 aromatic heterocycles. The summed E-state index contributed by atoms with van der Waals surface area (Å²) < 4.78 is 39.9. The van der Waals surface area contributed by atoms with E-state index in [1.807, 2.05) is 18.2 Å². The molecule has 3 nitrogen and oxygen atoms in total. The highest BCUT2D eigenvalue weighted by molar-refractivity contribution is 14.1. The summed E-state index contributed by atoms with van der Waals surface area (Å²) in [6.45, 7) is 0. The molecule has 0 aliphatic rings. The average molecular weight is 436 g/mol. The molecule has 0 spiro atoms. The molecule has 22 heavy (non-hydrogen) atoms. The Morgan fingerprint density at radius 3 is 2.55 bits per heavy atom. The quantitative estimate of drug-likeness (QED) is 0.400. The Morgan fingerprint density at radius 2 is 1.86 bits per heavy atom. The largest absolute Gasteiger partial charge is 0.418 e. The van der Waals surface area contributed by atoms with Gasteiger partial charge < -0.3 is 0 Å². The van der Waals surface area contributed by atoms with Crippen LogP contribution in [-0.2, 0) is 6.18 Å². The molecule has 0 amide bonds. The Balaban J connectivity index is 2.25. The second-order valence-electron chi connectivity index (χ2n) is 4.43. The molecule has 0 radical (unpaired) electrons. The summed E-state index contributed by atoms with van der Waals surface area (Å²) in [4.78, 5) is 11.8. The molecule has 0 saturated carbocycles. The van der Waals surface area contributed by atoms with Crippen molar-refractivity contribution in [2.24, 2.45) is 0 Å². The predicted octanol–water partition coefficient (Wildman–Crippen LogP) is 4.97. The van der Waals surface area contributed by atoms with Crippen molar-refractivity contribution in [1.29, 1.82) is 0 Å². The highest BCUT2D eigenvalue weighted by Gasteiger charge is 2.34. The summed E-state index contributed by atoms with van der Waals surface area (Å²) in [5.41, 5.74) is -0.219. The first-order valence-electron chi connectivity index (χ1n) is 6.00. The number of fused-ring (bicyclic) bond motifs is 1. The first kappa shape index (κ1) is 15.4. The van der Waals surface area contributed by atoms with Crippen LogP contribution >= 0.6 is 34.2 Å². The summed E-state index contributed by atoms with van der Waals surface area (Å²) >= 11 is 8.03. The molecule has 0 aliphatic carbocycles. The van der Waals surface area contributed by atoms with Gasteiger partial charge in [0.15, 0.2) is 11.0 Å². The van der Waals surface area contributed by atoms with Crippen molar-refractivity contribution in [3.05, 3.63) is 50.9 Å². The van der Waals surface area contributed by atoms with E-state index < -0.39 is 11.7 Å². The van der Waals surface area contributed by atoms with Gasteiger partial charge in [0.05, 0.1) is 5.56 Å². The van der Waals surface area contributed by atoms with Gasteiger partial charge >= 0.3 is 6.18 Å². The zero-order valence-corrected chi connectivity index (χ0v) is 13.6. The molecule has 0 bridgehead atoms. The van der Waals surface area contributed by atoms with Gasteiger partial charge in [-0.2, -0.15) is 13.2 Å². The Labute approximate surface area is 141 Å². The van der Waals surface area contributed by atoms with Crippen LogP contribution < -0.4 is 0 Å². The van der Waals surface area contributed by atoms with Crippen LogP contribution in [0.2, 0.25) is 5.15 Å². The van der Waals surface area contributed by atoms with Crippen LogP contribution in [0.1, 0.15) is 5.56 Å². The van der Waals surface area contributed by atoms with Crippen molar-refractivity contribution >= 4 is 45.1 Å². The maximum atomic E-state index is 13.0. The highest BCUT2D eigenvalue weighted by Crippen LogP contribution is 2.35. The van der Waals surface area contributed by atoms with E-state index in [0.29, 0.717) is 17.6 Å². The first-order chi connectivity index (χ1) is 10.4. The minimum Gasteiger partial charge on any atom is -0.242 e. The minimum absolute atomic E-state index is 0.0136. The van der Waals surface area contributed by atoms with E-state index in [9.17, 15) is 13.2 Å². The number of pyridine rings is 1. The van der Waals surface area contributed by atoms with Gasteiger partial charge in [-0.1, -0.05) is 23.7 Å². The minimum atomic E-state index is -4.54. The lowest BCUT2D eigenvalue weighted by molar-refractivity contribution is -0.136. The topological polar surface area (TPSA) is 38.7 Å². The fourth-order valence-electron chi connectivity index (χ4n) is 1.98. The van der Waals surface area contributed by atoms with Gasteiger partial charge in [0.25, 0.3) is 0 Å². The van der Waals surface area contributed by atoms with Gasteiger partial charge in [0.2, 0.25) is 0 Å². The van der Waals surface area contributed by atoms with Gasteiger partial charge in [0, 0.05) is 26.9 Å². The molecule has 2 heterocycles. The summed E-state index contributed by atoms with van der Waals surface area (Å²) in [7, 11) is 0. The van der Waals surface area contributed by atoms with Gasteiger partial charge in [-0.15, -0.1) is 0 Å². The van der Waals surface area contributed by atoms with E-state index >= 15 is 0 Å². The maximum absolute atomic E-state index is 13.0. The third kappa shape index (κ3) is 2.87. The zero-order chi connectivity index (χ0) is 15.9. The standard InChI is InChI=1S/C14H6ClF3IN3/c15-12-11-9(10(6-20-12)14(16,17)18)5-21-13(22-11)7-2-1-3-8(19)4-7/h1-6H. The number of hydrogen-bond acceptors (Lipinski definition) is 3. The van der Waals surface area contributed by atoms with Crippen molar-refractivity contribution < 1.29 is 13.2 Å². The SMILES string of the molecule is FC(F)(F)c1cnc(Cl)c2nc(-c3cccc(I)c3)ncc12. The van der Waals surface area contributed by atoms with Crippen LogP contribution in [0.5, 0.6) is 0 Å². The molecule has 0 atom stereocenters. The van der Waals surface area contributed by atoms with Crippen molar-refractivity contribution in [3.63, 3.8) is 0 Å². The monoisotopic (exact) mass is 435 g/mol. The lowest BCUT2D eigenvalue weighted by atomic mass is 10.1. The number of hydrogen-bond donors (Lipinski definition) is 0. The fourth-order valence-corrected chi connectivity index (χ4v) is 2.72. The molecular weight excluding hydrogens is 430 g/mol. The summed E-state index contributed by atoms with van der Waals surface area (Å²) in [6.07, 6.45) is -2.71. The van der Waals surface area contributed by atoms with Crippen LogP contribution in [0, 0.1) is 3.57 Å². The second-order valence-corrected chi connectivity index (χ2v) is 6.03. The highest BCUT2D eigenvalue weighted by atomic mass is 127. The first-order valence-corrected chi connectivity index (χ1v) is 7.46. The molecular formula is C14H6ClF3IN3. The van der Waals surface area contributed by atoms with Gasteiger partial charge in [-0.3, -0.25) is 0 Å². The zero-order valence-electron chi connectivity index (χ0n) is 10.7. The number of benzene rings is 1. The Morgan fingerprint density at radius 1 is 1.09 bits per heavy atom. The molecule has 0 fully saturated rings. The predicted molar refractivity (Wildman–Crippen MR) is 85.5 cm³/mol. The number of aromatic nitrogens is 3. The molecule has 112 valence electrons. The van der Waals surface area contributed by atoms with Crippen LogP contribution in [0.3, 0.4) is 0 Å². The summed E-state index contributed by atoms with van der Waals surface area (Å²) in [5, 5.41) is -0.251. The lowest BCUT2D eigenvalue weighted by Crippen LogP contribution is -2.08. The van der Waals surface area contributed by atoms with Crippen LogP contribution in [-0.4, -0.2) is 15.0 Å². The summed E-state index contributed by atoms with van der Waals surface area (Å²) in [5.74, 6) is 0.300. The van der Waals surface area contributed by atoms with Crippen molar-refractivity contribution in [2.45, 2.75) is 6.18 Å². The molecule has 3 aromatic rings. The lowest BCUT2D eigenvalue weighted by Gasteiger charge is -2.10. The van der Waals surface area contributed by atoms with Crippen LogP contribution in [0.4, 0.5) is 13.2 Å². The van der Waals surface area contributed by atoms with Crippen LogP contribution in [0.15, 0.2) is 36.7 Å². The Hall–Kier alpha value is -1.48. The average Bonchev–Trinajstić information content (AvgIpc) is 2.46. The molecule has 0 N–H and O–H groups in total. The van der Waals surface area contributed by atoms with Gasteiger partial charge in [-0.25, -0.2) is 15.0 Å². The van der Waals surface area contributed by atoms with Gasteiger partial charge in [-0.05, 0) is 34.7 Å². The molecule has 0 saturated heterocycles. The van der Waals surface area contributed by atoms with E-state index in [1.54, 1.807) is 6.07 Å². The normalized spacial score (nSPS) is 11.9. The summed E-state index contributed by atoms with van der Waals surface area (Å²) in [6, 6.07) is 7.31. The number of rotatable bonds is 1. The molecule has 0 unspecified atom stereocenters. The number of halogens is 5. The molecule has 8 heteroatoms. The number of nitrogens with zero attached hydrogens (tertiary/aromatic N) is 3. The Kier molecular flexibility index (Phi) is 3.94. The van der Waals surface area contributed by atoms with Crippen molar-refractivity contribution in [1.82, 2.24) is 15.0 Å². The van der Waals surface area contributed by atoms with E-state index in [2.05, 4.69) is 37.5 Å². The third-order valence-electron chi connectivity index (χ3n) is 2.97. The number of alkyl halides is 3. The fraction of sp³-hybridized carbons (Fsp3) is 0.0714. The van der Waals surface area contributed by atoms with E-state index in [-0.39, 0.29) is 16.1 Å². The second kappa shape index (κ2) is 5.62.